The number of ether oxygens (including phenoxy) is 2. The molecule has 4 aromatic rings. The van der Waals surface area contributed by atoms with Crippen molar-refractivity contribution in [3.63, 3.8) is 0 Å². The Kier molecular flexibility index (Phi) is 7.41. The number of aryl methyl sites for hydroxylation is 1. The number of nitrogens with zero attached hydrogens (tertiary/aromatic N) is 2. The molecule has 0 radical (unpaired) electrons. The lowest BCUT2D eigenvalue weighted by Crippen LogP contribution is -2.14. The highest BCUT2D eigenvalue weighted by Crippen LogP contribution is 2.21. The maximum Gasteiger partial charge on any atom is 0.338 e. The van der Waals surface area contributed by atoms with E-state index in [1.165, 1.54) is 24.3 Å². The lowest BCUT2D eigenvalue weighted by atomic mass is 10.2. The van der Waals surface area contributed by atoms with Crippen molar-refractivity contribution in [2.45, 2.75) is 31.5 Å². The molecule has 0 bridgehead atoms. The second kappa shape index (κ2) is 10.8. The van der Waals surface area contributed by atoms with E-state index < -0.39 is 16.0 Å². The molecular weight excluding hydrogens is 470 g/mol. The van der Waals surface area contributed by atoms with Crippen LogP contribution in [0.2, 0.25) is 0 Å². The number of anilines is 1. The first-order chi connectivity index (χ1) is 16.9. The molecule has 35 heavy (non-hydrogen) atoms. The Morgan fingerprint density at radius 2 is 1.74 bits per heavy atom. The molecule has 0 spiro atoms. The predicted octanol–water partition coefficient (Wildman–Crippen LogP) is 4.37. The van der Waals surface area contributed by atoms with E-state index in [9.17, 15) is 13.2 Å². The fraction of sp³-hybridized carbons (Fsp3) is 0.160. The van der Waals surface area contributed by atoms with E-state index in [1.807, 2.05) is 37.3 Å². The van der Waals surface area contributed by atoms with Gasteiger partial charge in [-0.2, -0.15) is 4.98 Å². The van der Waals surface area contributed by atoms with Crippen LogP contribution in [0.5, 0.6) is 5.75 Å². The molecule has 0 aliphatic rings. The lowest BCUT2D eigenvalue weighted by molar-refractivity contribution is 0.0429. The maximum atomic E-state index is 12.9. The van der Waals surface area contributed by atoms with E-state index in [4.69, 9.17) is 14.0 Å². The Bertz CT molecular complexity index is 1390. The van der Waals surface area contributed by atoms with E-state index in [-0.39, 0.29) is 23.0 Å². The second-order valence-corrected chi connectivity index (χ2v) is 9.15. The summed E-state index contributed by atoms with van der Waals surface area (Å²) in [6.07, 6.45) is 0.591. The van der Waals surface area contributed by atoms with Gasteiger partial charge in [0.25, 0.3) is 15.9 Å². The smallest absolute Gasteiger partial charge is 0.338 e. The number of hydrogen-bond donors (Lipinski definition) is 1. The molecule has 0 aliphatic carbocycles. The quantitative estimate of drug-likeness (QED) is 0.323. The fourth-order valence-electron chi connectivity index (χ4n) is 3.07. The highest BCUT2D eigenvalue weighted by Gasteiger charge is 2.18. The fourth-order valence-corrected chi connectivity index (χ4v) is 4.17. The Morgan fingerprint density at radius 3 is 2.46 bits per heavy atom. The summed E-state index contributed by atoms with van der Waals surface area (Å²) in [5.41, 5.74) is 1.46. The van der Waals surface area contributed by atoms with Gasteiger partial charge in [-0.3, -0.25) is 4.72 Å². The van der Waals surface area contributed by atoms with Crippen molar-refractivity contribution in [1.29, 1.82) is 0 Å². The van der Waals surface area contributed by atoms with Gasteiger partial charge in [-0.15, -0.1) is 0 Å². The third-order valence-electron chi connectivity index (χ3n) is 4.89. The molecule has 1 aromatic heterocycles. The summed E-state index contributed by atoms with van der Waals surface area (Å²) in [5.74, 6) is 0.565. The number of aromatic nitrogens is 2. The van der Waals surface area contributed by atoms with Crippen LogP contribution < -0.4 is 9.46 Å². The highest BCUT2D eigenvalue weighted by molar-refractivity contribution is 7.92. The van der Waals surface area contributed by atoms with Gasteiger partial charge in [-0.05, 0) is 48.0 Å². The van der Waals surface area contributed by atoms with Crippen LogP contribution in [0, 0.1) is 0 Å². The Hall–Kier alpha value is -4.18. The van der Waals surface area contributed by atoms with E-state index >= 15 is 0 Å². The molecule has 9 nitrogen and oxygen atoms in total. The summed E-state index contributed by atoms with van der Waals surface area (Å²) in [5, 5.41) is 3.73. The van der Waals surface area contributed by atoms with Crippen LogP contribution in [-0.4, -0.2) is 24.5 Å². The number of hydrogen-bond acceptors (Lipinski definition) is 8. The highest BCUT2D eigenvalue weighted by atomic mass is 32.2. The van der Waals surface area contributed by atoms with E-state index in [0.29, 0.717) is 30.3 Å². The van der Waals surface area contributed by atoms with Gasteiger partial charge in [0.2, 0.25) is 0 Å². The number of esters is 1. The lowest BCUT2D eigenvalue weighted by Gasteiger charge is -2.11. The zero-order valence-corrected chi connectivity index (χ0v) is 19.7. The van der Waals surface area contributed by atoms with Gasteiger partial charge in [0.1, 0.15) is 12.4 Å². The monoisotopic (exact) mass is 493 g/mol. The van der Waals surface area contributed by atoms with Gasteiger partial charge >= 0.3 is 5.97 Å². The molecule has 0 saturated heterocycles. The van der Waals surface area contributed by atoms with Crippen molar-refractivity contribution in [3.8, 4) is 5.75 Å². The number of rotatable bonds is 10. The molecule has 180 valence electrons. The molecule has 0 aliphatic heterocycles. The number of carbonyl (C=O) groups excluding carboxylic acids is 1. The standard InChI is InChI=1S/C25H23N3O6S/c1-2-23-26-24(34-27-23)17-33-25(29)19-9-6-10-22(15-19)35(30,31)28-20-11-13-21(14-12-20)32-16-18-7-4-3-5-8-18/h3-15,28H,2,16-17H2,1H3. The van der Waals surface area contributed by atoms with Crippen molar-refractivity contribution < 1.29 is 27.2 Å². The summed E-state index contributed by atoms with van der Waals surface area (Å²) in [6.45, 7) is 2.07. The SMILES string of the molecule is CCc1noc(COC(=O)c2cccc(S(=O)(=O)Nc3ccc(OCc4ccccc4)cc3)c2)n1. The van der Waals surface area contributed by atoms with Crippen molar-refractivity contribution in [1.82, 2.24) is 10.1 Å². The van der Waals surface area contributed by atoms with Crippen LogP contribution in [-0.2, 0) is 34.4 Å². The molecule has 3 aromatic carbocycles. The average molecular weight is 494 g/mol. The van der Waals surface area contributed by atoms with Crippen LogP contribution in [0.4, 0.5) is 5.69 Å². The zero-order chi connectivity index (χ0) is 24.7. The topological polar surface area (TPSA) is 121 Å². The van der Waals surface area contributed by atoms with E-state index in [1.54, 1.807) is 24.3 Å². The molecule has 0 unspecified atom stereocenters. The summed E-state index contributed by atoms with van der Waals surface area (Å²) < 4.78 is 44.1. The minimum absolute atomic E-state index is 0.0766. The molecule has 1 N–H and O–H groups in total. The largest absolute Gasteiger partial charge is 0.489 e. The summed E-state index contributed by atoms with van der Waals surface area (Å²) in [4.78, 5) is 16.4. The van der Waals surface area contributed by atoms with Gasteiger partial charge < -0.3 is 14.0 Å². The average Bonchev–Trinajstić information content (AvgIpc) is 3.35. The van der Waals surface area contributed by atoms with Crippen molar-refractivity contribution in [2.75, 3.05) is 4.72 Å². The number of benzene rings is 3. The normalized spacial score (nSPS) is 11.1. The van der Waals surface area contributed by atoms with Gasteiger partial charge in [0, 0.05) is 12.1 Å². The van der Waals surface area contributed by atoms with Crippen LogP contribution in [0.25, 0.3) is 0 Å². The van der Waals surface area contributed by atoms with Gasteiger partial charge in [0.15, 0.2) is 12.4 Å². The number of sulfonamides is 1. The first kappa shape index (κ1) is 24.0. The van der Waals surface area contributed by atoms with Crippen molar-refractivity contribution in [3.05, 3.63) is 102 Å². The van der Waals surface area contributed by atoms with Gasteiger partial charge in [-0.1, -0.05) is 48.5 Å². The maximum absolute atomic E-state index is 12.9. The first-order valence-corrected chi connectivity index (χ1v) is 12.3. The molecule has 10 heteroatoms. The molecule has 0 amide bonds. The van der Waals surface area contributed by atoms with Gasteiger partial charge in [-0.25, -0.2) is 13.2 Å². The van der Waals surface area contributed by atoms with E-state index in [0.717, 1.165) is 5.56 Å². The Balaban J connectivity index is 1.37. The molecule has 0 saturated carbocycles. The molecule has 4 rings (SSSR count). The third-order valence-corrected chi connectivity index (χ3v) is 6.27. The van der Waals surface area contributed by atoms with Crippen LogP contribution in [0.3, 0.4) is 0 Å². The minimum Gasteiger partial charge on any atom is -0.489 e. The third kappa shape index (κ3) is 6.45. The summed E-state index contributed by atoms with van der Waals surface area (Å²) in [7, 11) is -3.94. The van der Waals surface area contributed by atoms with Crippen LogP contribution in [0.1, 0.15) is 34.6 Å². The molecule has 0 fully saturated rings. The Morgan fingerprint density at radius 1 is 0.971 bits per heavy atom. The van der Waals surface area contributed by atoms with Crippen LogP contribution >= 0.6 is 0 Å². The van der Waals surface area contributed by atoms with Gasteiger partial charge in [0.05, 0.1) is 10.5 Å². The zero-order valence-electron chi connectivity index (χ0n) is 18.9. The first-order valence-electron chi connectivity index (χ1n) is 10.8. The van der Waals surface area contributed by atoms with E-state index in [2.05, 4.69) is 14.9 Å². The molecular formula is C25H23N3O6S. The summed E-state index contributed by atoms with van der Waals surface area (Å²) >= 11 is 0. The molecule has 1 heterocycles. The van der Waals surface area contributed by atoms with Crippen LogP contribution in [0.15, 0.2) is 88.3 Å². The van der Waals surface area contributed by atoms with Crippen molar-refractivity contribution >= 4 is 21.7 Å². The second-order valence-electron chi connectivity index (χ2n) is 7.47. The Labute approximate surface area is 202 Å². The predicted molar refractivity (Wildman–Crippen MR) is 127 cm³/mol. The number of carbonyl (C=O) groups is 1. The van der Waals surface area contributed by atoms with Crippen molar-refractivity contribution in [2.24, 2.45) is 0 Å². The molecule has 0 atom stereocenters. The summed E-state index contributed by atoms with van der Waals surface area (Å²) in [6, 6.07) is 21.8. The number of nitrogens with one attached hydrogen (secondary N) is 1. The minimum atomic E-state index is -3.94.